The molecule has 0 fully saturated rings. The number of benzene rings is 1. The van der Waals surface area contributed by atoms with Crippen molar-refractivity contribution in [2.24, 2.45) is 5.10 Å². The number of aromatic hydroxyl groups is 1. The Morgan fingerprint density at radius 2 is 2.05 bits per heavy atom. The molecule has 2 heterocycles. The van der Waals surface area contributed by atoms with Crippen LogP contribution in [0, 0.1) is 0 Å². The molecule has 1 aromatic heterocycles. The van der Waals surface area contributed by atoms with E-state index in [4.69, 9.17) is 11.6 Å². The first-order valence-electron chi connectivity index (χ1n) is 6.98. The molecule has 1 unspecified atom stereocenters. The highest BCUT2D eigenvalue weighted by Gasteiger charge is 2.27. The van der Waals surface area contributed by atoms with Crippen LogP contribution in [0.1, 0.15) is 29.7 Å². The highest BCUT2D eigenvalue weighted by atomic mass is 35.5. The molecule has 114 valence electrons. The number of phenols is 1. The number of nitrogens with zero attached hydrogens (tertiary/aromatic N) is 2. The topological polar surface area (TPSA) is 52.9 Å². The summed E-state index contributed by atoms with van der Waals surface area (Å²) in [6.07, 6.45) is 0.741. The highest BCUT2D eigenvalue weighted by Crippen LogP contribution is 2.27. The van der Waals surface area contributed by atoms with Crippen molar-refractivity contribution in [2.45, 2.75) is 19.3 Å². The molecule has 1 atom stereocenters. The number of halogens is 1. The first kappa shape index (κ1) is 15.1. The van der Waals surface area contributed by atoms with Crippen molar-refractivity contribution in [2.75, 3.05) is 6.54 Å². The number of rotatable bonds is 3. The van der Waals surface area contributed by atoms with E-state index >= 15 is 0 Å². The second kappa shape index (κ2) is 6.10. The lowest BCUT2D eigenvalue weighted by molar-refractivity contribution is -0.131. The van der Waals surface area contributed by atoms with Gasteiger partial charge in [0.2, 0.25) is 5.91 Å². The van der Waals surface area contributed by atoms with Crippen molar-refractivity contribution in [1.29, 1.82) is 0 Å². The third-order valence-corrected chi connectivity index (χ3v) is 4.96. The lowest BCUT2D eigenvalue weighted by atomic mass is 10.00. The molecule has 0 aliphatic carbocycles. The zero-order valence-electron chi connectivity index (χ0n) is 12.0. The van der Waals surface area contributed by atoms with Crippen molar-refractivity contribution in [1.82, 2.24) is 5.01 Å². The molecule has 2 aromatic rings. The zero-order valence-corrected chi connectivity index (χ0v) is 13.6. The minimum Gasteiger partial charge on any atom is -0.508 e. The number of hydrogen-bond acceptors (Lipinski definition) is 4. The molecule has 1 amide bonds. The molecular formula is C16H15ClN2O2S. The summed E-state index contributed by atoms with van der Waals surface area (Å²) in [5.74, 6) is -0.140. The van der Waals surface area contributed by atoms with Crippen molar-refractivity contribution in [3.05, 3.63) is 51.2 Å². The summed E-state index contributed by atoms with van der Waals surface area (Å²) in [6, 6.07) is 10.5. The lowest BCUT2D eigenvalue weighted by Crippen LogP contribution is -2.27. The third kappa shape index (κ3) is 3.00. The number of thiophene rings is 1. The molecule has 0 saturated carbocycles. The van der Waals surface area contributed by atoms with E-state index in [0.29, 0.717) is 6.54 Å². The van der Waals surface area contributed by atoms with Crippen molar-refractivity contribution >= 4 is 34.6 Å². The SMILES string of the molecule is CC(C(=O)N1CCC(c2ccc(Cl)s2)=N1)c1ccc(O)cc1. The maximum Gasteiger partial charge on any atom is 0.249 e. The number of carbonyl (C=O) groups excluding carboxylic acids is 1. The van der Waals surface area contributed by atoms with Crippen molar-refractivity contribution in [3.8, 4) is 5.75 Å². The van der Waals surface area contributed by atoms with E-state index in [1.54, 1.807) is 24.3 Å². The van der Waals surface area contributed by atoms with E-state index in [9.17, 15) is 9.90 Å². The van der Waals surface area contributed by atoms with E-state index < -0.39 is 0 Å². The minimum atomic E-state index is -0.296. The van der Waals surface area contributed by atoms with Crippen LogP contribution in [0.2, 0.25) is 4.34 Å². The Hall–Kier alpha value is -1.85. The lowest BCUT2D eigenvalue weighted by Gasteiger charge is -2.17. The smallest absolute Gasteiger partial charge is 0.249 e. The average Bonchev–Trinajstić information content (AvgIpc) is 3.15. The van der Waals surface area contributed by atoms with E-state index in [0.717, 1.165) is 26.9 Å². The van der Waals surface area contributed by atoms with Crippen LogP contribution >= 0.6 is 22.9 Å². The molecule has 4 nitrogen and oxygen atoms in total. The van der Waals surface area contributed by atoms with Gasteiger partial charge in [-0.1, -0.05) is 23.7 Å². The highest BCUT2D eigenvalue weighted by molar-refractivity contribution is 7.18. The first-order chi connectivity index (χ1) is 10.5. The Morgan fingerprint density at radius 3 is 2.68 bits per heavy atom. The molecule has 0 saturated heterocycles. The summed E-state index contributed by atoms with van der Waals surface area (Å²) in [4.78, 5) is 13.6. The monoisotopic (exact) mass is 334 g/mol. The van der Waals surface area contributed by atoms with E-state index in [1.807, 2.05) is 19.1 Å². The summed E-state index contributed by atoms with van der Waals surface area (Å²) in [7, 11) is 0. The number of phenolic OH excluding ortho intramolecular Hbond substituents is 1. The number of carbonyl (C=O) groups is 1. The molecule has 1 aliphatic rings. The van der Waals surface area contributed by atoms with Crippen molar-refractivity contribution < 1.29 is 9.90 Å². The summed E-state index contributed by atoms with van der Waals surface area (Å²) in [5.41, 5.74) is 1.77. The second-order valence-electron chi connectivity index (χ2n) is 5.18. The summed E-state index contributed by atoms with van der Waals surface area (Å²) in [5, 5.41) is 15.3. The molecule has 3 rings (SSSR count). The predicted octanol–water partition coefficient (Wildman–Crippen LogP) is 3.85. The van der Waals surface area contributed by atoms with Gasteiger partial charge in [0.25, 0.3) is 0 Å². The van der Waals surface area contributed by atoms with Gasteiger partial charge in [-0.25, -0.2) is 5.01 Å². The maximum absolute atomic E-state index is 12.5. The van der Waals surface area contributed by atoms with Gasteiger partial charge < -0.3 is 5.11 Å². The second-order valence-corrected chi connectivity index (χ2v) is 6.89. The van der Waals surface area contributed by atoms with E-state index in [-0.39, 0.29) is 17.6 Å². The predicted molar refractivity (Wildman–Crippen MR) is 88.7 cm³/mol. The Morgan fingerprint density at radius 1 is 1.32 bits per heavy atom. The fourth-order valence-electron chi connectivity index (χ4n) is 2.39. The van der Waals surface area contributed by atoms with Crippen LogP contribution in [0.25, 0.3) is 0 Å². The Kier molecular flexibility index (Phi) is 4.18. The largest absolute Gasteiger partial charge is 0.508 e. The Bertz CT molecular complexity index is 724. The summed E-state index contributed by atoms with van der Waals surface area (Å²) in [6.45, 7) is 2.44. The molecule has 1 aromatic carbocycles. The summed E-state index contributed by atoms with van der Waals surface area (Å²) < 4.78 is 0.722. The first-order valence-corrected chi connectivity index (χ1v) is 8.17. The van der Waals surface area contributed by atoms with Crippen LogP contribution < -0.4 is 0 Å². The average molecular weight is 335 g/mol. The van der Waals surface area contributed by atoms with Crippen LogP contribution in [-0.2, 0) is 4.79 Å². The number of hydrazone groups is 1. The quantitative estimate of drug-likeness (QED) is 0.927. The Balaban J connectivity index is 1.75. The van der Waals surface area contributed by atoms with Gasteiger partial charge in [0.1, 0.15) is 5.75 Å². The maximum atomic E-state index is 12.5. The van der Waals surface area contributed by atoms with Crippen molar-refractivity contribution in [3.63, 3.8) is 0 Å². The molecule has 6 heteroatoms. The van der Waals surface area contributed by atoms with Gasteiger partial charge >= 0.3 is 0 Å². The van der Waals surface area contributed by atoms with E-state index in [2.05, 4.69) is 5.10 Å². The van der Waals surface area contributed by atoms with Crippen LogP contribution in [0.3, 0.4) is 0 Å². The molecule has 22 heavy (non-hydrogen) atoms. The van der Waals surface area contributed by atoms with Crippen LogP contribution in [-0.4, -0.2) is 28.3 Å². The van der Waals surface area contributed by atoms with Crippen LogP contribution in [0.4, 0.5) is 0 Å². The molecule has 1 aliphatic heterocycles. The van der Waals surface area contributed by atoms with Gasteiger partial charge in [0.05, 0.1) is 27.4 Å². The fourth-order valence-corrected chi connectivity index (χ4v) is 3.44. The van der Waals surface area contributed by atoms with E-state index in [1.165, 1.54) is 16.3 Å². The molecule has 0 bridgehead atoms. The van der Waals surface area contributed by atoms with Crippen LogP contribution in [0.15, 0.2) is 41.5 Å². The molecule has 1 N–H and O–H groups in total. The van der Waals surface area contributed by atoms with Gasteiger partial charge in [-0.15, -0.1) is 11.3 Å². The van der Waals surface area contributed by atoms with Crippen LogP contribution in [0.5, 0.6) is 5.75 Å². The van der Waals surface area contributed by atoms with Gasteiger partial charge in [-0.3, -0.25) is 4.79 Å². The number of hydrogen-bond donors (Lipinski definition) is 1. The third-order valence-electron chi connectivity index (χ3n) is 3.68. The zero-order chi connectivity index (χ0) is 15.7. The molecular weight excluding hydrogens is 320 g/mol. The molecule has 0 spiro atoms. The van der Waals surface area contributed by atoms with Gasteiger partial charge in [0.15, 0.2) is 0 Å². The fraction of sp³-hybridized carbons (Fsp3) is 0.250. The van der Waals surface area contributed by atoms with Gasteiger partial charge in [-0.05, 0) is 36.8 Å². The summed E-state index contributed by atoms with van der Waals surface area (Å²) >= 11 is 7.42. The van der Waals surface area contributed by atoms with Gasteiger partial charge in [-0.2, -0.15) is 5.10 Å². The normalized spacial score (nSPS) is 15.7. The van der Waals surface area contributed by atoms with Gasteiger partial charge in [0, 0.05) is 6.42 Å². The standard InChI is InChI=1S/C16H15ClN2O2S/c1-10(11-2-4-12(20)5-3-11)16(21)19-9-8-13(18-19)14-6-7-15(17)22-14/h2-7,10,20H,8-9H2,1H3. The molecule has 0 radical (unpaired) electrons. The minimum absolute atomic E-state index is 0.0386. The number of amides is 1. The Labute approximate surface area is 137 Å².